The first kappa shape index (κ1) is 15.8. The molecule has 0 aromatic heterocycles. The summed E-state index contributed by atoms with van der Waals surface area (Å²) in [6.07, 6.45) is -4.10. The van der Waals surface area contributed by atoms with Crippen molar-refractivity contribution in [1.82, 2.24) is 5.32 Å². The third kappa shape index (κ3) is 4.18. The summed E-state index contributed by atoms with van der Waals surface area (Å²) in [6, 6.07) is 6.02. The van der Waals surface area contributed by atoms with Gasteiger partial charge in [0, 0.05) is 12.2 Å². The molecule has 0 aliphatic carbocycles. The largest absolute Gasteiger partial charge is 0.393 e. The number of nitrogens with one attached hydrogen (secondary N) is 2. The third-order valence-corrected chi connectivity index (χ3v) is 3.60. The van der Waals surface area contributed by atoms with Crippen LogP contribution in [0.25, 0.3) is 0 Å². The number of anilines is 1. The van der Waals surface area contributed by atoms with E-state index >= 15 is 0 Å². The number of carbonyl (C=O) groups excluding carboxylic acids is 1. The fourth-order valence-electron chi connectivity index (χ4n) is 2.28. The molecule has 0 radical (unpaired) electrons. The van der Waals surface area contributed by atoms with Crippen molar-refractivity contribution in [3.63, 3.8) is 0 Å². The van der Waals surface area contributed by atoms with Crippen LogP contribution in [0.15, 0.2) is 24.3 Å². The molecule has 2 rings (SSSR count). The van der Waals surface area contributed by atoms with E-state index in [2.05, 4.69) is 10.6 Å². The molecule has 1 aromatic carbocycles. The lowest BCUT2D eigenvalue weighted by Crippen LogP contribution is -2.49. The molecule has 3 N–H and O–H groups in total. The van der Waals surface area contributed by atoms with E-state index in [1.807, 2.05) is 0 Å². The first-order chi connectivity index (χ1) is 9.90. The molecule has 0 bridgehead atoms. The van der Waals surface area contributed by atoms with Crippen LogP contribution in [-0.2, 0) is 11.4 Å². The molecule has 2 unspecified atom stereocenters. The lowest BCUT2D eigenvalue weighted by molar-refractivity contribution is -0.180. The van der Waals surface area contributed by atoms with Gasteiger partial charge in [-0.1, -0.05) is 12.1 Å². The zero-order valence-electron chi connectivity index (χ0n) is 11.3. The summed E-state index contributed by atoms with van der Waals surface area (Å²) in [5, 5.41) is 14.2. The van der Waals surface area contributed by atoms with Gasteiger partial charge in [-0.15, -0.1) is 0 Å². The van der Waals surface area contributed by atoms with E-state index in [0.29, 0.717) is 5.69 Å². The van der Waals surface area contributed by atoms with Gasteiger partial charge in [0.25, 0.3) is 0 Å². The van der Waals surface area contributed by atoms with Crippen LogP contribution in [0.5, 0.6) is 0 Å². The van der Waals surface area contributed by atoms with Gasteiger partial charge in [0.05, 0.1) is 18.6 Å². The van der Waals surface area contributed by atoms with E-state index < -0.39 is 18.1 Å². The van der Waals surface area contributed by atoms with E-state index in [1.165, 1.54) is 0 Å². The maximum atomic E-state index is 12.5. The average Bonchev–Trinajstić information content (AvgIpc) is 2.47. The number of rotatable bonds is 3. The highest BCUT2D eigenvalue weighted by Gasteiger charge is 2.42. The van der Waals surface area contributed by atoms with Crippen molar-refractivity contribution in [3.05, 3.63) is 29.8 Å². The van der Waals surface area contributed by atoms with Crippen LogP contribution in [-0.4, -0.2) is 29.8 Å². The number of hydrogen-bond acceptors (Lipinski definition) is 3. The highest BCUT2D eigenvalue weighted by atomic mass is 19.4. The summed E-state index contributed by atoms with van der Waals surface area (Å²) in [4.78, 5) is 12.0. The summed E-state index contributed by atoms with van der Waals surface area (Å²) in [5.74, 6) is -1.72. The average molecular weight is 302 g/mol. The number of piperidine rings is 1. The molecular weight excluding hydrogens is 285 g/mol. The molecule has 0 saturated carbocycles. The minimum Gasteiger partial charge on any atom is -0.392 e. The zero-order chi connectivity index (χ0) is 15.5. The molecule has 1 heterocycles. The number of aliphatic hydroxyl groups is 1. The Kier molecular flexibility index (Phi) is 4.84. The van der Waals surface area contributed by atoms with Crippen LogP contribution >= 0.6 is 0 Å². The Balaban J connectivity index is 1.87. The minimum atomic E-state index is -4.21. The maximum Gasteiger partial charge on any atom is 0.393 e. The van der Waals surface area contributed by atoms with Crippen molar-refractivity contribution in [2.75, 3.05) is 11.9 Å². The van der Waals surface area contributed by atoms with Crippen molar-refractivity contribution >= 4 is 11.6 Å². The Bertz CT molecular complexity index is 480. The lowest BCUT2D eigenvalue weighted by atomic mass is 9.94. The van der Waals surface area contributed by atoms with Gasteiger partial charge in [0.1, 0.15) is 0 Å². The molecule has 1 saturated heterocycles. The maximum absolute atomic E-state index is 12.5. The highest BCUT2D eigenvalue weighted by Crippen LogP contribution is 2.32. The highest BCUT2D eigenvalue weighted by molar-refractivity contribution is 5.94. The third-order valence-electron chi connectivity index (χ3n) is 3.60. The van der Waals surface area contributed by atoms with Crippen molar-refractivity contribution in [3.8, 4) is 0 Å². The van der Waals surface area contributed by atoms with Crippen LogP contribution < -0.4 is 10.6 Å². The van der Waals surface area contributed by atoms with Crippen LogP contribution in [0, 0.1) is 5.92 Å². The second-order valence-electron chi connectivity index (χ2n) is 5.12. The first-order valence-corrected chi connectivity index (χ1v) is 6.71. The van der Waals surface area contributed by atoms with Gasteiger partial charge in [-0.3, -0.25) is 4.79 Å². The molecule has 2 atom stereocenters. The van der Waals surface area contributed by atoms with E-state index in [-0.39, 0.29) is 31.9 Å². The fraction of sp³-hybridized carbons (Fsp3) is 0.500. The quantitative estimate of drug-likeness (QED) is 0.801. The molecule has 1 aromatic rings. The summed E-state index contributed by atoms with van der Waals surface area (Å²) in [5.41, 5.74) is 1.27. The Morgan fingerprint density at radius 2 is 1.95 bits per heavy atom. The Morgan fingerprint density at radius 1 is 1.29 bits per heavy atom. The SMILES string of the molecule is O=C(Nc1ccc(CO)cc1)C1CCC(C(F)(F)F)CN1. The van der Waals surface area contributed by atoms with E-state index in [4.69, 9.17) is 5.11 Å². The molecule has 7 heteroatoms. The van der Waals surface area contributed by atoms with Gasteiger partial charge in [0.2, 0.25) is 5.91 Å². The molecule has 1 aliphatic heterocycles. The molecular formula is C14H17F3N2O2. The van der Waals surface area contributed by atoms with Gasteiger partial charge in [0.15, 0.2) is 0 Å². The van der Waals surface area contributed by atoms with Crippen molar-refractivity contribution in [2.24, 2.45) is 5.92 Å². The van der Waals surface area contributed by atoms with Crippen molar-refractivity contribution in [1.29, 1.82) is 0 Å². The van der Waals surface area contributed by atoms with Crippen molar-refractivity contribution in [2.45, 2.75) is 31.7 Å². The van der Waals surface area contributed by atoms with Gasteiger partial charge in [-0.25, -0.2) is 0 Å². The monoisotopic (exact) mass is 302 g/mol. The van der Waals surface area contributed by atoms with Crippen LogP contribution in [0.2, 0.25) is 0 Å². The second kappa shape index (κ2) is 6.44. The lowest BCUT2D eigenvalue weighted by Gasteiger charge is -2.30. The topological polar surface area (TPSA) is 61.4 Å². The normalized spacial score (nSPS) is 22.9. The Hall–Kier alpha value is -1.60. The van der Waals surface area contributed by atoms with Gasteiger partial charge < -0.3 is 15.7 Å². The number of benzene rings is 1. The molecule has 116 valence electrons. The van der Waals surface area contributed by atoms with Gasteiger partial charge >= 0.3 is 6.18 Å². The number of alkyl halides is 3. The van der Waals surface area contributed by atoms with E-state index in [1.54, 1.807) is 24.3 Å². The van der Waals surface area contributed by atoms with Gasteiger partial charge in [-0.2, -0.15) is 13.2 Å². The summed E-state index contributed by atoms with van der Waals surface area (Å²) < 4.78 is 37.6. The minimum absolute atomic E-state index is 0.0436. The summed E-state index contributed by atoms with van der Waals surface area (Å²) >= 11 is 0. The zero-order valence-corrected chi connectivity index (χ0v) is 11.3. The van der Waals surface area contributed by atoms with E-state index in [9.17, 15) is 18.0 Å². The number of hydrogen-bond donors (Lipinski definition) is 3. The fourth-order valence-corrected chi connectivity index (χ4v) is 2.28. The number of aliphatic hydroxyl groups excluding tert-OH is 1. The smallest absolute Gasteiger partial charge is 0.392 e. The van der Waals surface area contributed by atoms with Gasteiger partial charge in [-0.05, 0) is 30.5 Å². The summed E-state index contributed by atoms with van der Waals surface area (Å²) in [7, 11) is 0. The number of amides is 1. The molecule has 1 fully saturated rings. The molecule has 0 spiro atoms. The number of carbonyl (C=O) groups is 1. The molecule has 4 nitrogen and oxygen atoms in total. The van der Waals surface area contributed by atoms with Crippen LogP contribution in [0.4, 0.5) is 18.9 Å². The first-order valence-electron chi connectivity index (χ1n) is 6.71. The van der Waals surface area contributed by atoms with Crippen molar-refractivity contribution < 1.29 is 23.1 Å². The van der Waals surface area contributed by atoms with E-state index in [0.717, 1.165) is 5.56 Å². The number of halogens is 3. The Labute approximate surface area is 120 Å². The predicted octanol–water partition coefficient (Wildman–Crippen LogP) is 2.05. The Morgan fingerprint density at radius 3 is 2.43 bits per heavy atom. The summed E-state index contributed by atoms with van der Waals surface area (Å²) in [6.45, 7) is -0.317. The molecule has 1 aliphatic rings. The molecule has 21 heavy (non-hydrogen) atoms. The standard InChI is InChI=1S/C14H17F3N2O2/c15-14(16,17)10-3-6-12(18-7-10)13(21)19-11-4-1-9(8-20)2-5-11/h1-2,4-5,10,12,18,20H,3,6-8H2,(H,19,21). The predicted molar refractivity (Wildman–Crippen MR) is 71.6 cm³/mol. The van der Waals surface area contributed by atoms with Crippen LogP contribution in [0.1, 0.15) is 18.4 Å². The second-order valence-corrected chi connectivity index (χ2v) is 5.12. The molecule has 1 amide bonds. The van der Waals surface area contributed by atoms with Crippen LogP contribution in [0.3, 0.4) is 0 Å².